The predicted molar refractivity (Wildman–Crippen MR) is 111 cm³/mol. The Balaban J connectivity index is 1.40. The van der Waals surface area contributed by atoms with Crippen molar-refractivity contribution in [1.29, 1.82) is 0 Å². The maximum absolute atomic E-state index is 15.0. The number of ether oxygens (including phenoxy) is 2. The number of alkyl halides is 2. The fraction of sp³-hybridized carbons (Fsp3) is 0.833. The van der Waals surface area contributed by atoms with E-state index in [9.17, 15) is 14.0 Å². The maximum atomic E-state index is 15.0. The molecule has 6 aliphatic rings. The second-order valence-corrected chi connectivity index (χ2v) is 10.5. The lowest BCUT2D eigenvalue weighted by Gasteiger charge is -2.61. The van der Waals surface area contributed by atoms with Crippen LogP contribution in [0.25, 0.3) is 0 Å². The van der Waals surface area contributed by atoms with Gasteiger partial charge >= 0.3 is 0 Å². The van der Waals surface area contributed by atoms with E-state index in [1.807, 2.05) is 0 Å². The average molecular weight is 451 g/mol. The Labute approximate surface area is 187 Å². The summed E-state index contributed by atoms with van der Waals surface area (Å²) >= 11 is 0. The molecule has 0 radical (unpaired) electrons. The highest BCUT2D eigenvalue weighted by Crippen LogP contribution is 2.51. The molecule has 1 amide bonds. The number of hydrogen-bond acceptors (Lipinski definition) is 5. The van der Waals surface area contributed by atoms with E-state index in [0.717, 1.165) is 25.7 Å². The molecular weight excluding hydrogens is 418 g/mol. The highest BCUT2D eigenvalue weighted by molar-refractivity contribution is 6.20. The Morgan fingerprint density at radius 3 is 2.62 bits per heavy atom. The molecule has 9 atom stereocenters. The van der Waals surface area contributed by atoms with Crippen LogP contribution in [-0.2, 0) is 19.1 Å². The molecule has 0 spiro atoms. The molecular formula is C24H32F2N2O4. The molecule has 8 heteroatoms. The minimum absolute atomic E-state index is 0.0294. The van der Waals surface area contributed by atoms with E-state index in [1.54, 1.807) is 11.1 Å². The van der Waals surface area contributed by atoms with Crippen molar-refractivity contribution in [2.75, 3.05) is 26.3 Å². The summed E-state index contributed by atoms with van der Waals surface area (Å²) in [6, 6.07) is -0.491. The fourth-order valence-electron chi connectivity index (χ4n) is 7.44. The molecule has 0 aromatic heterocycles. The summed E-state index contributed by atoms with van der Waals surface area (Å²) in [5.41, 5.74) is 0.134. The molecule has 6 nitrogen and oxygen atoms in total. The minimum Gasteiger partial charge on any atom is -0.378 e. The lowest BCUT2D eigenvalue weighted by molar-refractivity contribution is -0.225. The van der Waals surface area contributed by atoms with Gasteiger partial charge in [0.1, 0.15) is 12.3 Å². The molecule has 0 N–H and O–H groups in total. The van der Waals surface area contributed by atoms with Gasteiger partial charge in [0.15, 0.2) is 12.0 Å². The highest BCUT2D eigenvalue weighted by atomic mass is 19.2. The zero-order valence-electron chi connectivity index (χ0n) is 18.3. The van der Waals surface area contributed by atoms with Gasteiger partial charge in [-0.3, -0.25) is 9.59 Å². The van der Waals surface area contributed by atoms with Gasteiger partial charge in [-0.2, -0.15) is 0 Å². The van der Waals surface area contributed by atoms with Crippen molar-refractivity contribution in [2.45, 2.75) is 81.6 Å². The summed E-state index contributed by atoms with van der Waals surface area (Å²) in [5.74, 6) is -0.372. The second kappa shape index (κ2) is 8.05. The first kappa shape index (κ1) is 21.0. The first-order valence-corrected chi connectivity index (χ1v) is 12.4. The smallest absolute Gasteiger partial charge is 0.259 e. The molecule has 2 saturated heterocycles. The lowest BCUT2D eigenvalue weighted by atomic mass is 9.63. The van der Waals surface area contributed by atoms with E-state index in [4.69, 9.17) is 9.47 Å². The van der Waals surface area contributed by atoms with Crippen LogP contribution in [0.1, 0.15) is 44.9 Å². The monoisotopic (exact) mass is 450 g/mol. The van der Waals surface area contributed by atoms with Crippen LogP contribution < -0.4 is 0 Å². The van der Waals surface area contributed by atoms with E-state index in [0.29, 0.717) is 38.1 Å². The molecule has 3 aliphatic heterocycles. The Morgan fingerprint density at radius 1 is 1.03 bits per heavy atom. The number of amides is 1. The third-order valence-electron chi connectivity index (χ3n) is 8.93. The number of nitrogens with zero attached hydrogens (tertiary/aromatic N) is 2. The molecule has 6 rings (SSSR count). The number of Topliss-reactive ketones (excluding diaryl/α,β-unsaturated/α-hetero) is 1. The number of halogens is 2. The summed E-state index contributed by atoms with van der Waals surface area (Å²) in [7, 11) is 0. The van der Waals surface area contributed by atoms with Gasteiger partial charge in [-0.1, -0.05) is 19.3 Å². The van der Waals surface area contributed by atoms with Crippen LogP contribution in [-0.4, -0.2) is 84.4 Å². The van der Waals surface area contributed by atoms with Crippen LogP contribution in [0.4, 0.5) is 8.78 Å². The van der Waals surface area contributed by atoms with E-state index in [1.165, 1.54) is 12.8 Å². The number of rotatable bonds is 1. The SMILES string of the molecule is O=C1C(C(=O)N2CCOCC2)=CN2C3C(CCC4CCCCC43)OC3C(F)C(F)CC1C32. The molecule has 176 valence electrons. The van der Waals surface area contributed by atoms with Crippen molar-refractivity contribution < 1.29 is 27.8 Å². The third kappa shape index (κ3) is 3.16. The summed E-state index contributed by atoms with van der Waals surface area (Å²) in [5, 5.41) is 0. The van der Waals surface area contributed by atoms with E-state index < -0.39 is 30.4 Å². The maximum Gasteiger partial charge on any atom is 0.259 e. The van der Waals surface area contributed by atoms with Gasteiger partial charge in [0, 0.05) is 25.2 Å². The molecule has 5 fully saturated rings. The van der Waals surface area contributed by atoms with Crippen LogP contribution in [0.5, 0.6) is 0 Å². The summed E-state index contributed by atoms with van der Waals surface area (Å²) in [4.78, 5) is 30.6. The number of fused-ring (bicyclic) bond motifs is 4. The summed E-state index contributed by atoms with van der Waals surface area (Å²) in [6.45, 7) is 1.78. The van der Waals surface area contributed by atoms with Gasteiger partial charge in [-0.15, -0.1) is 0 Å². The largest absolute Gasteiger partial charge is 0.378 e. The van der Waals surface area contributed by atoms with Crippen LogP contribution in [0.3, 0.4) is 0 Å². The Bertz CT molecular complexity index is 816. The number of hydrogen-bond donors (Lipinski definition) is 0. The molecule has 3 saturated carbocycles. The molecule has 3 heterocycles. The quantitative estimate of drug-likeness (QED) is 0.575. The molecule has 0 bridgehead atoms. The van der Waals surface area contributed by atoms with Crippen LogP contribution in [0.15, 0.2) is 11.8 Å². The Kier molecular flexibility index (Phi) is 5.29. The topological polar surface area (TPSA) is 59.1 Å². The molecule has 32 heavy (non-hydrogen) atoms. The van der Waals surface area contributed by atoms with E-state index >= 15 is 4.39 Å². The third-order valence-corrected chi connectivity index (χ3v) is 8.93. The van der Waals surface area contributed by atoms with Crippen molar-refractivity contribution in [3.8, 4) is 0 Å². The Hall–Kier alpha value is -1.54. The van der Waals surface area contributed by atoms with Gasteiger partial charge in [0.2, 0.25) is 0 Å². The molecule has 0 aromatic carbocycles. The van der Waals surface area contributed by atoms with Crippen LogP contribution in [0.2, 0.25) is 0 Å². The number of morpholine rings is 2. The number of carbonyl (C=O) groups excluding carboxylic acids is 2. The summed E-state index contributed by atoms with van der Waals surface area (Å²) in [6.07, 6.45) is 3.50. The van der Waals surface area contributed by atoms with Crippen LogP contribution in [0, 0.1) is 17.8 Å². The zero-order valence-corrected chi connectivity index (χ0v) is 18.3. The van der Waals surface area contributed by atoms with Gasteiger partial charge in [0.05, 0.1) is 37.0 Å². The first-order valence-electron chi connectivity index (χ1n) is 12.4. The van der Waals surface area contributed by atoms with Crippen molar-refractivity contribution in [3.05, 3.63) is 11.8 Å². The lowest BCUT2D eigenvalue weighted by Crippen LogP contribution is -2.72. The normalized spacial score (nSPS) is 46.0. The fourth-order valence-corrected chi connectivity index (χ4v) is 7.44. The second-order valence-electron chi connectivity index (χ2n) is 10.5. The van der Waals surface area contributed by atoms with Gasteiger partial charge in [0.25, 0.3) is 5.91 Å². The first-order chi connectivity index (χ1) is 15.5. The van der Waals surface area contributed by atoms with Crippen molar-refractivity contribution in [1.82, 2.24) is 9.80 Å². The van der Waals surface area contributed by atoms with Crippen molar-refractivity contribution in [2.24, 2.45) is 17.8 Å². The Morgan fingerprint density at radius 2 is 1.81 bits per heavy atom. The number of carbonyl (C=O) groups is 2. The van der Waals surface area contributed by atoms with E-state index in [-0.39, 0.29) is 35.8 Å². The van der Waals surface area contributed by atoms with E-state index in [2.05, 4.69) is 4.90 Å². The summed E-state index contributed by atoms with van der Waals surface area (Å²) < 4.78 is 41.4. The highest BCUT2D eigenvalue weighted by Gasteiger charge is 2.61. The molecule has 0 aromatic rings. The average Bonchev–Trinajstić information content (AvgIpc) is 2.83. The van der Waals surface area contributed by atoms with Crippen molar-refractivity contribution in [3.63, 3.8) is 0 Å². The van der Waals surface area contributed by atoms with Gasteiger partial charge < -0.3 is 19.3 Å². The molecule has 3 aliphatic carbocycles. The predicted octanol–water partition coefficient (Wildman–Crippen LogP) is 2.41. The zero-order chi connectivity index (χ0) is 22.0. The number of ketones is 1. The molecule has 9 unspecified atom stereocenters. The standard InChI is InChI=1S/C24H32F2N2O4/c25-17-11-15-21-23(19(17)26)32-18-6-5-13-3-1-2-4-14(13)20(18)28(21)12-16(22(15)29)24(30)27-7-9-31-10-8-27/h12-15,17-21,23H,1-11H2. The van der Waals surface area contributed by atoms with Gasteiger partial charge in [-0.25, -0.2) is 8.78 Å². The minimum atomic E-state index is -1.74. The van der Waals surface area contributed by atoms with Crippen LogP contribution >= 0.6 is 0 Å². The van der Waals surface area contributed by atoms with Gasteiger partial charge in [-0.05, 0) is 37.5 Å². The van der Waals surface area contributed by atoms with Crippen molar-refractivity contribution >= 4 is 11.7 Å².